The first-order valence-corrected chi connectivity index (χ1v) is 11.0. The molecule has 9 heteroatoms. The monoisotopic (exact) mass is 417 g/mol. The summed E-state index contributed by atoms with van der Waals surface area (Å²) in [5, 5.41) is 3.92. The maximum Gasteiger partial charge on any atom is 0.271 e. The number of furan rings is 1. The Morgan fingerprint density at radius 3 is 2.72 bits per heavy atom. The van der Waals surface area contributed by atoms with E-state index < -0.39 is 15.9 Å². The zero-order valence-electron chi connectivity index (χ0n) is 16.1. The Labute approximate surface area is 169 Å². The Bertz CT molecular complexity index is 1020. The normalized spacial score (nSPS) is 22.7. The second kappa shape index (κ2) is 8.10. The molecular weight excluding hydrogens is 394 g/mol. The molecule has 1 saturated heterocycles. The molecule has 2 fully saturated rings. The predicted octanol–water partition coefficient (Wildman–Crippen LogP) is 2.19. The van der Waals surface area contributed by atoms with Crippen LogP contribution in [0.3, 0.4) is 0 Å². The Kier molecular flexibility index (Phi) is 5.53. The molecule has 1 N–H and O–H groups in total. The smallest absolute Gasteiger partial charge is 0.271 e. The van der Waals surface area contributed by atoms with Crippen LogP contribution in [0.15, 0.2) is 50.8 Å². The standard InChI is InChI=1S/C20H23N3O5S/c1-14-11-18(14)19-6-5-16(28-19)13-21-22-20(24)15-3-2-4-17(12-15)29(25,26)23-7-9-27-10-8-23/h2-6,12-14,18H,7-11H2,1H3,(H,22,24)/b21-13-/t14-,18-/m1/s1. The Morgan fingerprint density at radius 1 is 1.24 bits per heavy atom. The zero-order valence-corrected chi connectivity index (χ0v) is 16.9. The van der Waals surface area contributed by atoms with Crippen LogP contribution in [0.25, 0.3) is 0 Å². The Balaban J connectivity index is 1.41. The average molecular weight is 417 g/mol. The molecule has 0 radical (unpaired) electrons. The lowest BCUT2D eigenvalue weighted by Gasteiger charge is -2.26. The fourth-order valence-electron chi connectivity index (χ4n) is 3.31. The quantitative estimate of drug-likeness (QED) is 0.573. The van der Waals surface area contributed by atoms with Crippen molar-refractivity contribution in [1.29, 1.82) is 0 Å². The van der Waals surface area contributed by atoms with Crippen LogP contribution in [0.2, 0.25) is 0 Å². The van der Waals surface area contributed by atoms with Crippen LogP contribution in [0.5, 0.6) is 0 Å². The van der Waals surface area contributed by atoms with Gasteiger partial charge < -0.3 is 9.15 Å². The number of hydrogen-bond acceptors (Lipinski definition) is 6. The van der Waals surface area contributed by atoms with Crippen molar-refractivity contribution in [2.24, 2.45) is 11.0 Å². The number of hydrazone groups is 1. The number of rotatable bonds is 6. The van der Waals surface area contributed by atoms with Gasteiger partial charge >= 0.3 is 0 Å². The number of carbonyl (C=O) groups excluding carboxylic acids is 1. The molecule has 29 heavy (non-hydrogen) atoms. The third-order valence-electron chi connectivity index (χ3n) is 5.18. The third kappa shape index (κ3) is 4.42. The van der Waals surface area contributed by atoms with E-state index in [1.165, 1.54) is 22.7 Å². The molecule has 2 heterocycles. The molecule has 154 valence electrons. The van der Waals surface area contributed by atoms with Gasteiger partial charge in [0.15, 0.2) is 0 Å². The molecule has 1 aliphatic heterocycles. The van der Waals surface area contributed by atoms with Crippen LogP contribution < -0.4 is 5.43 Å². The van der Waals surface area contributed by atoms with Crippen molar-refractivity contribution in [3.63, 3.8) is 0 Å². The van der Waals surface area contributed by atoms with Crippen molar-refractivity contribution in [2.45, 2.75) is 24.2 Å². The number of ether oxygens (including phenoxy) is 1. The summed E-state index contributed by atoms with van der Waals surface area (Å²) < 4.78 is 37.8. The largest absolute Gasteiger partial charge is 0.460 e. The highest BCUT2D eigenvalue weighted by atomic mass is 32.2. The van der Waals surface area contributed by atoms with Crippen molar-refractivity contribution in [3.05, 3.63) is 53.5 Å². The van der Waals surface area contributed by atoms with E-state index >= 15 is 0 Å². The van der Waals surface area contributed by atoms with Gasteiger partial charge in [0.1, 0.15) is 11.5 Å². The minimum atomic E-state index is -3.67. The molecule has 0 unspecified atom stereocenters. The van der Waals surface area contributed by atoms with Crippen molar-refractivity contribution in [1.82, 2.24) is 9.73 Å². The predicted molar refractivity (Wildman–Crippen MR) is 106 cm³/mol. The summed E-state index contributed by atoms with van der Waals surface area (Å²) in [7, 11) is -3.67. The fourth-order valence-corrected chi connectivity index (χ4v) is 4.76. The van der Waals surface area contributed by atoms with Crippen molar-refractivity contribution in [2.75, 3.05) is 26.3 Å². The molecule has 2 aromatic rings. The lowest BCUT2D eigenvalue weighted by molar-refractivity contribution is 0.0730. The topological polar surface area (TPSA) is 101 Å². The van der Waals surface area contributed by atoms with Crippen LogP contribution >= 0.6 is 0 Å². The van der Waals surface area contributed by atoms with Gasteiger partial charge in [0, 0.05) is 24.6 Å². The van der Waals surface area contributed by atoms with Crippen LogP contribution in [0.4, 0.5) is 0 Å². The second-order valence-corrected chi connectivity index (χ2v) is 9.24. The molecule has 4 rings (SSSR count). The van der Waals surface area contributed by atoms with E-state index in [0.29, 0.717) is 43.9 Å². The minimum Gasteiger partial charge on any atom is -0.460 e. The summed E-state index contributed by atoms with van der Waals surface area (Å²) in [5.41, 5.74) is 2.62. The van der Waals surface area contributed by atoms with E-state index in [9.17, 15) is 13.2 Å². The van der Waals surface area contributed by atoms with Gasteiger partial charge in [-0.05, 0) is 42.7 Å². The molecular formula is C20H23N3O5S. The first-order valence-electron chi connectivity index (χ1n) is 9.56. The fraction of sp³-hybridized carbons (Fsp3) is 0.400. The molecule has 1 amide bonds. The van der Waals surface area contributed by atoms with Gasteiger partial charge in [-0.15, -0.1) is 0 Å². The number of benzene rings is 1. The Hall–Kier alpha value is -2.49. The highest BCUT2D eigenvalue weighted by Gasteiger charge is 2.36. The summed E-state index contributed by atoms with van der Waals surface area (Å²) in [4.78, 5) is 12.4. The molecule has 1 aromatic carbocycles. The maximum atomic E-state index is 12.7. The zero-order chi connectivity index (χ0) is 20.4. The molecule has 8 nitrogen and oxygen atoms in total. The van der Waals surface area contributed by atoms with E-state index in [4.69, 9.17) is 9.15 Å². The van der Waals surface area contributed by atoms with Gasteiger partial charge in [0.25, 0.3) is 5.91 Å². The van der Waals surface area contributed by atoms with Gasteiger partial charge in [-0.2, -0.15) is 9.41 Å². The van der Waals surface area contributed by atoms with E-state index in [1.54, 1.807) is 12.1 Å². The number of hydrogen-bond donors (Lipinski definition) is 1. The van der Waals surface area contributed by atoms with Crippen molar-refractivity contribution < 1.29 is 22.4 Å². The van der Waals surface area contributed by atoms with Crippen LogP contribution in [-0.4, -0.2) is 51.1 Å². The van der Waals surface area contributed by atoms with Crippen molar-refractivity contribution in [3.8, 4) is 0 Å². The van der Waals surface area contributed by atoms with Crippen LogP contribution in [-0.2, 0) is 14.8 Å². The molecule has 1 aromatic heterocycles. The first-order chi connectivity index (χ1) is 13.9. The highest BCUT2D eigenvalue weighted by Crippen LogP contribution is 2.47. The molecule has 0 bridgehead atoms. The van der Waals surface area contributed by atoms with E-state index in [1.807, 2.05) is 12.1 Å². The maximum absolute atomic E-state index is 12.7. The highest BCUT2D eigenvalue weighted by molar-refractivity contribution is 7.89. The molecule has 2 aliphatic rings. The number of nitrogens with one attached hydrogen (secondary N) is 1. The summed E-state index contributed by atoms with van der Waals surface area (Å²) in [6.07, 6.45) is 2.56. The summed E-state index contributed by atoms with van der Waals surface area (Å²) in [6.45, 7) is 3.50. The molecule has 2 atom stereocenters. The molecule has 1 aliphatic carbocycles. The lowest BCUT2D eigenvalue weighted by atomic mass is 10.2. The van der Waals surface area contributed by atoms with Crippen LogP contribution in [0.1, 0.15) is 41.1 Å². The average Bonchev–Trinajstić information content (AvgIpc) is 3.28. The number of amides is 1. The van der Waals surface area contributed by atoms with Gasteiger partial charge in [0.2, 0.25) is 10.0 Å². The van der Waals surface area contributed by atoms with Gasteiger partial charge in [-0.3, -0.25) is 4.79 Å². The number of sulfonamides is 1. The summed E-state index contributed by atoms with van der Waals surface area (Å²) in [5.74, 6) is 2.12. The number of carbonyl (C=O) groups is 1. The van der Waals surface area contributed by atoms with E-state index in [0.717, 1.165) is 12.2 Å². The second-order valence-electron chi connectivity index (χ2n) is 7.30. The summed E-state index contributed by atoms with van der Waals surface area (Å²) in [6, 6.07) is 9.66. The summed E-state index contributed by atoms with van der Waals surface area (Å²) >= 11 is 0. The molecule has 1 saturated carbocycles. The first kappa shape index (κ1) is 19.8. The SMILES string of the molecule is C[C@@H]1C[C@H]1c1ccc(/C=N\NC(=O)c2cccc(S(=O)(=O)N3CCOCC3)c2)o1. The van der Waals surface area contributed by atoms with Gasteiger partial charge in [-0.1, -0.05) is 13.0 Å². The van der Waals surface area contributed by atoms with E-state index in [2.05, 4.69) is 17.5 Å². The van der Waals surface area contributed by atoms with Crippen LogP contribution in [0, 0.1) is 5.92 Å². The van der Waals surface area contributed by atoms with Gasteiger partial charge in [-0.25, -0.2) is 13.8 Å². The number of nitrogens with zero attached hydrogens (tertiary/aromatic N) is 2. The molecule has 0 spiro atoms. The minimum absolute atomic E-state index is 0.0743. The van der Waals surface area contributed by atoms with E-state index in [-0.39, 0.29) is 10.5 Å². The number of morpholine rings is 1. The van der Waals surface area contributed by atoms with Gasteiger partial charge in [0.05, 0.1) is 24.3 Å². The third-order valence-corrected chi connectivity index (χ3v) is 7.08. The van der Waals surface area contributed by atoms with Crippen molar-refractivity contribution >= 4 is 22.1 Å². The lowest BCUT2D eigenvalue weighted by Crippen LogP contribution is -2.40. The Morgan fingerprint density at radius 2 is 2.00 bits per heavy atom.